The van der Waals surface area contributed by atoms with E-state index in [9.17, 15) is 4.79 Å². The number of pyridine rings is 2. The van der Waals surface area contributed by atoms with E-state index in [0.717, 1.165) is 23.9 Å². The van der Waals surface area contributed by atoms with Gasteiger partial charge in [-0.15, -0.1) is 5.10 Å². The molecule has 8 nitrogen and oxygen atoms in total. The Labute approximate surface area is 161 Å². The Kier molecular flexibility index (Phi) is 4.38. The van der Waals surface area contributed by atoms with Gasteiger partial charge in [0.2, 0.25) is 0 Å². The van der Waals surface area contributed by atoms with Crippen molar-refractivity contribution in [1.82, 2.24) is 29.9 Å². The largest absolute Gasteiger partial charge is 0.444 e. The summed E-state index contributed by atoms with van der Waals surface area (Å²) in [4.78, 5) is 22.8. The molecule has 1 aliphatic rings. The third kappa shape index (κ3) is 3.53. The molecule has 1 fully saturated rings. The Hall–Kier alpha value is -2.48. The zero-order valence-corrected chi connectivity index (χ0v) is 16.3. The number of rotatable bonds is 1. The summed E-state index contributed by atoms with van der Waals surface area (Å²) >= 11 is 6.08. The molecule has 0 spiro atoms. The third-order valence-electron chi connectivity index (χ3n) is 4.57. The standard InChI is InChI=1S/C18H21ClN6O2/c1-18(2,3)27-17(26)24-8-6-11(7-9-24)25-16-13(22-23-25)10-20-12-4-5-14(19)21-15(12)16/h4-5,10-11H,6-9H2,1-3H3. The second-order valence-electron chi connectivity index (χ2n) is 7.73. The van der Waals surface area contributed by atoms with Crippen molar-refractivity contribution < 1.29 is 9.53 Å². The van der Waals surface area contributed by atoms with Crippen LogP contribution in [0.15, 0.2) is 18.3 Å². The summed E-state index contributed by atoms with van der Waals surface area (Å²) in [5, 5.41) is 8.98. The molecule has 1 amide bonds. The first-order valence-electron chi connectivity index (χ1n) is 8.96. The molecule has 0 N–H and O–H groups in total. The molecule has 142 valence electrons. The molecule has 1 aliphatic heterocycles. The molecule has 0 aliphatic carbocycles. The Bertz CT molecular complexity index is 1000. The highest BCUT2D eigenvalue weighted by atomic mass is 35.5. The van der Waals surface area contributed by atoms with Gasteiger partial charge in [0.15, 0.2) is 0 Å². The zero-order valence-electron chi connectivity index (χ0n) is 15.5. The molecule has 1 saturated heterocycles. The fourth-order valence-electron chi connectivity index (χ4n) is 3.33. The first kappa shape index (κ1) is 17.9. The van der Waals surface area contributed by atoms with E-state index >= 15 is 0 Å². The second-order valence-corrected chi connectivity index (χ2v) is 8.11. The molecule has 9 heteroatoms. The lowest BCUT2D eigenvalue weighted by Crippen LogP contribution is -2.42. The lowest BCUT2D eigenvalue weighted by atomic mass is 10.1. The second kappa shape index (κ2) is 6.60. The van der Waals surface area contributed by atoms with Crippen LogP contribution in [0.4, 0.5) is 4.79 Å². The topological polar surface area (TPSA) is 86.0 Å². The van der Waals surface area contributed by atoms with Gasteiger partial charge in [-0.05, 0) is 45.7 Å². The SMILES string of the molecule is CC(C)(C)OC(=O)N1CCC(n2nnc3cnc4ccc(Cl)nc4c32)CC1. The van der Waals surface area contributed by atoms with E-state index in [1.54, 1.807) is 17.2 Å². The Morgan fingerprint density at radius 2 is 1.96 bits per heavy atom. The minimum atomic E-state index is -0.493. The molecule has 0 bridgehead atoms. The first-order valence-corrected chi connectivity index (χ1v) is 9.34. The molecule has 3 aromatic rings. The highest BCUT2D eigenvalue weighted by molar-refractivity contribution is 6.30. The molecule has 0 atom stereocenters. The highest BCUT2D eigenvalue weighted by Crippen LogP contribution is 2.29. The molecule has 4 heterocycles. The van der Waals surface area contributed by atoms with E-state index in [2.05, 4.69) is 20.3 Å². The van der Waals surface area contributed by atoms with Crippen molar-refractivity contribution in [1.29, 1.82) is 0 Å². The third-order valence-corrected chi connectivity index (χ3v) is 4.78. The molecule has 4 rings (SSSR count). The average molecular weight is 389 g/mol. The van der Waals surface area contributed by atoms with E-state index in [1.807, 2.05) is 31.5 Å². The van der Waals surface area contributed by atoms with Gasteiger partial charge in [0.1, 0.15) is 27.3 Å². The number of halogens is 1. The number of fused-ring (bicyclic) bond motifs is 3. The number of ether oxygens (including phenoxy) is 1. The normalized spacial score (nSPS) is 16.2. The van der Waals surface area contributed by atoms with Crippen LogP contribution in [0.3, 0.4) is 0 Å². The van der Waals surface area contributed by atoms with Crippen molar-refractivity contribution in [2.24, 2.45) is 0 Å². The lowest BCUT2D eigenvalue weighted by Gasteiger charge is -2.33. The van der Waals surface area contributed by atoms with Gasteiger partial charge < -0.3 is 9.64 Å². The number of carbonyl (C=O) groups excluding carboxylic acids is 1. The van der Waals surface area contributed by atoms with Crippen LogP contribution in [0.1, 0.15) is 39.7 Å². The molecule has 0 saturated carbocycles. The predicted octanol–water partition coefficient (Wildman–Crippen LogP) is 3.60. The van der Waals surface area contributed by atoms with Crippen LogP contribution in [-0.2, 0) is 4.74 Å². The van der Waals surface area contributed by atoms with Crippen LogP contribution in [-0.4, -0.2) is 54.6 Å². The summed E-state index contributed by atoms with van der Waals surface area (Å²) in [5.41, 5.74) is 2.47. The number of hydrogen-bond acceptors (Lipinski definition) is 6. The summed E-state index contributed by atoms with van der Waals surface area (Å²) in [7, 11) is 0. The maximum atomic E-state index is 12.3. The maximum Gasteiger partial charge on any atom is 0.410 e. The molecular weight excluding hydrogens is 368 g/mol. The van der Waals surface area contributed by atoms with Gasteiger partial charge in [0.05, 0.1) is 17.8 Å². The summed E-state index contributed by atoms with van der Waals surface area (Å²) in [5.74, 6) is 0. The highest BCUT2D eigenvalue weighted by Gasteiger charge is 2.29. The fraction of sp³-hybridized carbons (Fsp3) is 0.500. The van der Waals surface area contributed by atoms with Crippen molar-refractivity contribution in [3.8, 4) is 0 Å². The van der Waals surface area contributed by atoms with Gasteiger partial charge in [0.25, 0.3) is 0 Å². The van der Waals surface area contributed by atoms with Crippen molar-refractivity contribution in [2.75, 3.05) is 13.1 Å². The van der Waals surface area contributed by atoms with Crippen molar-refractivity contribution in [3.63, 3.8) is 0 Å². The molecule has 3 aromatic heterocycles. The smallest absolute Gasteiger partial charge is 0.410 e. The maximum absolute atomic E-state index is 12.3. The number of aromatic nitrogens is 5. The Balaban J connectivity index is 1.59. The number of piperidine rings is 1. The zero-order chi connectivity index (χ0) is 19.2. The summed E-state index contributed by atoms with van der Waals surface area (Å²) in [6.07, 6.45) is 2.96. The van der Waals surface area contributed by atoms with E-state index in [4.69, 9.17) is 16.3 Å². The lowest BCUT2D eigenvalue weighted by molar-refractivity contribution is 0.0185. The number of carbonyl (C=O) groups is 1. The molecule has 0 unspecified atom stereocenters. The van der Waals surface area contributed by atoms with Crippen molar-refractivity contribution >= 4 is 39.8 Å². The summed E-state index contributed by atoms with van der Waals surface area (Å²) in [6.45, 7) is 6.83. The molecule has 27 heavy (non-hydrogen) atoms. The first-order chi connectivity index (χ1) is 12.8. The monoisotopic (exact) mass is 388 g/mol. The number of nitrogens with zero attached hydrogens (tertiary/aromatic N) is 6. The van der Waals surface area contributed by atoms with Gasteiger partial charge in [0, 0.05) is 13.1 Å². The van der Waals surface area contributed by atoms with Crippen LogP contribution in [0.5, 0.6) is 0 Å². The minimum Gasteiger partial charge on any atom is -0.444 e. The number of likely N-dealkylation sites (tertiary alicyclic amines) is 1. The van der Waals surface area contributed by atoms with Crippen LogP contribution < -0.4 is 0 Å². The van der Waals surface area contributed by atoms with Crippen molar-refractivity contribution in [2.45, 2.75) is 45.3 Å². The average Bonchev–Trinajstić information content (AvgIpc) is 3.05. The van der Waals surface area contributed by atoms with Gasteiger partial charge in [-0.2, -0.15) is 0 Å². The van der Waals surface area contributed by atoms with Crippen molar-refractivity contribution in [3.05, 3.63) is 23.5 Å². The molecule has 0 radical (unpaired) electrons. The van der Waals surface area contributed by atoms with E-state index in [0.29, 0.717) is 29.3 Å². The number of hydrogen-bond donors (Lipinski definition) is 0. The minimum absolute atomic E-state index is 0.125. The van der Waals surface area contributed by atoms with Gasteiger partial charge in [-0.25, -0.2) is 14.5 Å². The predicted molar refractivity (Wildman–Crippen MR) is 102 cm³/mol. The van der Waals surface area contributed by atoms with Gasteiger partial charge in [-0.3, -0.25) is 4.98 Å². The van der Waals surface area contributed by atoms with Crippen LogP contribution >= 0.6 is 11.6 Å². The van der Waals surface area contributed by atoms with E-state index in [-0.39, 0.29) is 12.1 Å². The summed E-state index contributed by atoms with van der Waals surface area (Å²) in [6, 6.07) is 3.68. The number of amides is 1. The summed E-state index contributed by atoms with van der Waals surface area (Å²) < 4.78 is 7.36. The van der Waals surface area contributed by atoms with Crippen LogP contribution in [0, 0.1) is 0 Å². The Morgan fingerprint density at radius 1 is 1.22 bits per heavy atom. The van der Waals surface area contributed by atoms with E-state index in [1.165, 1.54) is 0 Å². The van der Waals surface area contributed by atoms with E-state index < -0.39 is 5.60 Å². The van der Waals surface area contributed by atoms with Crippen LogP contribution in [0.25, 0.3) is 22.1 Å². The molecular formula is C18H21ClN6O2. The fourth-order valence-corrected chi connectivity index (χ4v) is 3.48. The van der Waals surface area contributed by atoms with Gasteiger partial charge in [-0.1, -0.05) is 16.8 Å². The molecule has 0 aromatic carbocycles. The van der Waals surface area contributed by atoms with Gasteiger partial charge >= 0.3 is 6.09 Å². The van der Waals surface area contributed by atoms with Crippen LogP contribution in [0.2, 0.25) is 5.15 Å². The quantitative estimate of drug-likeness (QED) is 0.592. The Morgan fingerprint density at radius 3 is 2.67 bits per heavy atom.